The number of aryl methyl sites for hydroxylation is 1. The van der Waals surface area contributed by atoms with Crippen molar-refractivity contribution in [3.63, 3.8) is 0 Å². The van der Waals surface area contributed by atoms with Gasteiger partial charge in [-0.25, -0.2) is 0 Å². The molecule has 6 nitrogen and oxygen atoms in total. The number of rotatable bonds is 8. The lowest BCUT2D eigenvalue weighted by Gasteiger charge is -2.63. The van der Waals surface area contributed by atoms with Crippen LogP contribution in [-0.2, 0) is 16.0 Å². The lowest BCUT2D eigenvalue weighted by Crippen LogP contribution is -2.72. The highest BCUT2D eigenvalue weighted by Crippen LogP contribution is 2.62. The third kappa shape index (κ3) is 3.97. The zero-order valence-corrected chi connectivity index (χ0v) is 18.0. The smallest absolute Gasteiger partial charge is 0.191 e. The Bertz CT molecular complexity index is 732. The van der Waals surface area contributed by atoms with E-state index in [4.69, 9.17) is 14.2 Å². The van der Waals surface area contributed by atoms with Crippen LogP contribution < -0.4 is 15.4 Å². The largest absolute Gasteiger partial charge is 0.491 e. The quantitative estimate of drug-likeness (QED) is 0.398. The zero-order chi connectivity index (χ0) is 20.3. The molecule has 160 valence electrons. The minimum Gasteiger partial charge on any atom is -0.491 e. The molecular formula is C23H35N3O3. The number of nitrogens with one attached hydrogen (secondary N) is 2. The molecule has 1 aliphatic heterocycles. The maximum atomic E-state index is 6.04. The van der Waals surface area contributed by atoms with Gasteiger partial charge in [-0.1, -0.05) is 18.6 Å². The SMILES string of the molecule is CCOCCOc1cc(C)ccc1CNC(=NC)NC1C2CCOC2C12CCC2. The van der Waals surface area contributed by atoms with Crippen molar-refractivity contribution in [3.8, 4) is 5.75 Å². The van der Waals surface area contributed by atoms with Crippen LogP contribution in [-0.4, -0.2) is 51.6 Å². The third-order valence-electron chi connectivity index (χ3n) is 6.91. The topological polar surface area (TPSA) is 64.1 Å². The lowest BCUT2D eigenvalue weighted by molar-refractivity contribution is -0.171. The van der Waals surface area contributed by atoms with Crippen molar-refractivity contribution < 1.29 is 14.2 Å². The highest BCUT2D eigenvalue weighted by atomic mass is 16.5. The van der Waals surface area contributed by atoms with Gasteiger partial charge in [0.25, 0.3) is 0 Å². The van der Waals surface area contributed by atoms with Gasteiger partial charge in [0.2, 0.25) is 0 Å². The molecule has 0 radical (unpaired) electrons. The van der Waals surface area contributed by atoms with Crippen LogP contribution in [0.25, 0.3) is 0 Å². The Morgan fingerprint density at radius 3 is 2.90 bits per heavy atom. The monoisotopic (exact) mass is 401 g/mol. The second kappa shape index (κ2) is 8.92. The van der Waals surface area contributed by atoms with E-state index in [2.05, 4.69) is 40.7 Å². The van der Waals surface area contributed by atoms with Crippen LogP contribution in [0.15, 0.2) is 23.2 Å². The number of aliphatic imine (C=N–C) groups is 1. The van der Waals surface area contributed by atoms with Crippen molar-refractivity contribution in [1.82, 2.24) is 10.6 Å². The molecule has 1 aromatic carbocycles. The van der Waals surface area contributed by atoms with Crippen LogP contribution >= 0.6 is 0 Å². The molecule has 0 aromatic heterocycles. The van der Waals surface area contributed by atoms with Crippen LogP contribution in [0.3, 0.4) is 0 Å². The summed E-state index contributed by atoms with van der Waals surface area (Å²) in [5, 5.41) is 7.23. The number of hydrogen-bond acceptors (Lipinski definition) is 4. The van der Waals surface area contributed by atoms with Crippen LogP contribution in [0.4, 0.5) is 0 Å². The summed E-state index contributed by atoms with van der Waals surface area (Å²) >= 11 is 0. The Morgan fingerprint density at radius 2 is 2.17 bits per heavy atom. The van der Waals surface area contributed by atoms with E-state index in [9.17, 15) is 0 Å². The second-order valence-electron chi connectivity index (χ2n) is 8.53. The van der Waals surface area contributed by atoms with Gasteiger partial charge >= 0.3 is 0 Å². The first-order valence-corrected chi connectivity index (χ1v) is 11.1. The first-order valence-electron chi connectivity index (χ1n) is 11.1. The number of fused-ring (bicyclic) bond motifs is 2. The van der Waals surface area contributed by atoms with E-state index >= 15 is 0 Å². The summed E-state index contributed by atoms with van der Waals surface area (Å²) < 4.78 is 17.4. The van der Waals surface area contributed by atoms with E-state index in [-0.39, 0.29) is 0 Å². The molecule has 3 unspecified atom stereocenters. The summed E-state index contributed by atoms with van der Waals surface area (Å²) in [6.07, 6.45) is 5.51. The first-order chi connectivity index (χ1) is 14.2. The Balaban J connectivity index is 1.35. The van der Waals surface area contributed by atoms with Crippen molar-refractivity contribution in [2.24, 2.45) is 16.3 Å². The van der Waals surface area contributed by atoms with Gasteiger partial charge in [-0.05, 0) is 44.7 Å². The molecule has 3 atom stereocenters. The molecule has 3 fully saturated rings. The molecule has 1 spiro atoms. The summed E-state index contributed by atoms with van der Waals surface area (Å²) in [5.41, 5.74) is 2.66. The van der Waals surface area contributed by atoms with Gasteiger partial charge in [0.05, 0.1) is 12.7 Å². The van der Waals surface area contributed by atoms with Gasteiger partial charge in [-0.2, -0.15) is 0 Å². The Morgan fingerprint density at radius 1 is 1.31 bits per heavy atom. The first kappa shape index (κ1) is 20.5. The Hall–Kier alpha value is -1.79. The summed E-state index contributed by atoms with van der Waals surface area (Å²) in [6.45, 7) is 7.54. The van der Waals surface area contributed by atoms with Crippen molar-refractivity contribution in [2.75, 3.05) is 33.5 Å². The molecule has 29 heavy (non-hydrogen) atoms. The Labute approximate surface area is 174 Å². The molecule has 2 saturated carbocycles. The van der Waals surface area contributed by atoms with Gasteiger partial charge in [0, 0.05) is 49.7 Å². The van der Waals surface area contributed by atoms with Gasteiger partial charge in [0.15, 0.2) is 5.96 Å². The van der Waals surface area contributed by atoms with E-state index in [0.717, 1.165) is 30.3 Å². The average molecular weight is 402 g/mol. The standard InChI is InChI=1S/C23H35N3O3/c1-4-27-12-13-28-19-14-16(2)6-7-17(19)15-25-22(24-3)26-20-18-8-11-29-21(18)23(20)9-5-10-23/h6-7,14,18,20-21H,4-5,8-13,15H2,1-3H3,(H2,24,25,26). The summed E-state index contributed by atoms with van der Waals surface area (Å²) in [4.78, 5) is 4.49. The van der Waals surface area contributed by atoms with E-state index in [1.165, 1.54) is 24.8 Å². The maximum Gasteiger partial charge on any atom is 0.191 e. The minimum atomic E-state index is 0.343. The molecule has 4 rings (SSSR count). The normalized spacial score (nSPS) is 27.1. The number of hydrogen-bond donors (Lipinski definition) is 2. The molecule has 1 aromatic rings. The van der Waals surface area contributed by atoms with E-state index in [0.29, 0.717) is 49.8 Å². The van der Waals surface area contributed by atoms with E-state index < -0.39 is 0 Å². The molecule has 3 aliphatic rings. The van der Waals surface area contributed by atoms with E-state index in [1.54, 1.807) is 0 Å². The summed E-state index contributed by atoms with van der Waals surface area (Å²) in [7, 11) is 1.85. The van der Waals surface area contributed by atoms with Crippen molar-refractivity contribution in [1.29, 1.82) is 0 Å². The molecule has 1 heterocycles. The van der Waals surface area contributed by atoms with E-state index in [1.807, 2.05) is 14.0 Å². The fourth-order valence-electron chi connectivity index (χ4n) is 5.27. The van der Waals surface area contributed by atoms with Crippen molar-refractivity contribution in [2.45, 2.75) is 58.2 Å². The molecule has 2 aliphatic carbocycles. The van der Waals surface area contributed by atoms with Crippen LogP contribution in [0.5, 0.6) is 5.75 Å². The predicted octanol–water partition coefficient (Wildman–Crippen LogP) is 3.03. The number of guanidine groups is 1. The molecule has 0 bridgehead atoms. The van der Waals surface area contributed by atoms with Crippen LogP contribution in [0.1, 0.15) is 43.7 Å². The summed E-state index contributed by atoms with van der Waals surface area (Å²) in [6, 6.07) is 6.83. The van der Waals surface area contributed by atoms with Crippen molar-refractivity contribution in [3.05, 3.63) is 29.3 Å². The molecule has 2 N–H and O–H groups in total. The van der Waals surface area contributed by atoms with Gasteiger partial charge < -0.3 is 24.8 Å². The number of nitrogens with zero attached hydrogens (tertiary/aromatic N) is 1. The molecular weight excluding hydrogens is 366 g/mol. The Kier molecular flexibility index (Phi) is 6.30. The zero-order valence-electron chi connectivity index (χ0n) is 18.0. The van der Waals surface area contributed by atoms with Crippen molar-refractivity contribution >= 4 is 5.96 Å². The van der Waals surface area contributed by atoms with Gasteiger partial charge in [0.1, 0.15) is 12.4 Å². The fraction of sp³-hybridized carbons (Fsp3) is 0.696. The number of ether oxygens (including phenoxy) is 3. The van der Waals surface area contributed by atoms with Gasteiger partial charge in [-0.3, -0.25) is 4.99 Å². The molecule has 6 heteroatoms. The van der Waals surface area contributed by atoms with Gasteiger partial charge in [-0.15, -0.1) is 0 Å². The number of benzene rings is 1. The highest BCUT2D eigenvalue weighted by Gasteiger charge is 2.66. The fourth-order valence-corrected chi connectivity index (χ4v) is 5.27. The molecule has 1 saturated heterocycles. The lowest BCUT2D eigenvalue weighted by atomic mass is 9.46. The molecule has 0 amide bonds. The van der Waals surface area contributed by atoms with Crippen LogP contribution in [0, 0.1) is 18.3 Å². The average Bonchev–Trinajstić information content (AvgIpc) is 3.10. The second-order valence-corrected chi connectivity index (χ2v) is 8.53. The minimum absolute atomic E-state index is 0.343. The highest BCUT2D eigenvalue weighted by molar-refractivity contribution is 5.80. The third-order valence-corrected chi connectivity index (χ3v) is 6.91. The predicted molar refractivity (Wildman–Crippen MR) is 114 cm³/mol. The maximum absolute atomic E-state index is 6.04. The van der Waals surface area contributed by atoms with Crippen LogP contribution in [0.2, 0.25) is 0 Å². The summed E-state index contributed by atoms with van der Waals surface area (Å²) in [5.74, 6) is 2.41.